The third-order valence-corrected chi connectivity index (χ3v) is 3.27. The van der Waals surface area contributed by atoms with Crippen LogP contribution in [0.15, 0.2) is 12.4 Å². The molecule has 1 heterocycles. The highest BCUT2D eigenvalue weighted by atomic mass is 32.2. The SMILES string of the molecule is CCCn1cc(CNCC(C)SC)cn1. The summed E-state index contributed by atoms with van der Waals surface area (Å²) in [5.74, 6) is 0. The Labute approximate surface area is 96.6 Å². The summed E-state index contributed by atoms with van der Waals surface area (Å²) >= 11 is 1.89. The third-order valence-electron chi connectivity index (χ3n) is 2.30. The van der Waals surface area contributed by atoms with Crippen molar-refractivity contribution in [1.29, 1.82) is 0 Å². The lowest BCUT2D eigenvalue weighted by Gasteiger charge is -2.08. The van der Waals surface area contributed by atoms with Crippen LogP contribution >= 0.6 is 11.8 Å². The van der Waals surface area contributed by atoms with Crippen LogP contribution in [0.1, 0.15) is 25.8 Å². The number of nitrogens with zero attached hydrogens (tertiary/aromatic N) is 2. The van der Waals surface area contributed by atoms with E-state index >= 15 is 0 Å². The maximum atomic E-state index is 4.30. The maximum Gasteiger partial charge on any atom is 0.0534 e. The first kappa shape index (κ1) is 12.6. The first-order valence-electron chi connectivity index (χ1n) is 5.51. The smallest absolute Gasteiger partial charge is 0.0534 e. The van der Waals surface area contributed by atoms with E-state index < -0.39 is 0 Å². The molecule has 0 aliphatic heterocycles. The Bertz CT molecular complexity index is 273. The molecule has 86 valence electrons. The van der Waals surface area contributed by atoms with Gasteiger partial charge in [-0.2, -0.15) is 16.9 Å². The van der Waals surface area contributed by atoms with Crippen molar-refractivity contribution in [2.24, 2.45) is 0 Å². The molecule has 0 bridgehead atoms. The van der Waals surface area contributed by atoms with Gasteiger partial charge < -0.3 is 5.32 Å². The van der Waals surface area contributed by atoms with Gasteiger partial charge in [0.1, 0.15) is 0 Å². The van der Waals surface area contributed by atoms with Gasteiger partial charge in [-0.05, 0) is 12.7 Å². The van der Waals surface area contributed by atoms with Gasteiger partial charge in [0.25, 0.3) is 0 Å². The monoisotopic (exact) mass is 227 g/mol. The summed E-state index contributed by atoms with van der Waals surface area (Å²) in [7, 11) is 0. The van der Waals surface area contributed by atoms with E-state index in [0.717, 1.165) is 26.1 Å². The average Bonchev–Trinajstić information content (AvgIpc) is 2.66. The van der Waals surface area contributed by atoms with Gasteiger partial charge >= 0.3 is 0 Å². The van der Waals surface area contributed by atoms with Crippen LogP contribution in [0.4, 0.5) is 0 Å². The van der Waals surface area contributed by atoms with Crippen molar-refractivity contribution in [2.45, 2.75) is 38.6 Å². The normalized spacial score (nSPS) is 13.0. The lowest BCUT2D eigenvalue weighted by molar-refractivity contribution is 0.601. The second-order valence-corrected chi connectivity index (χ2v) is 5.07. The summed E-state index contributed by atoms with van der Waals surface area (Å²) < 4.78 is 2.01. The molecule has 0 saturated heterocycles. The fraction of sp³-hybridized carbons (Fsp3) is 0.727. The van der Waals surface area contributed by atoms with Crippen LogP contribution in [0.3, 0.4) is 0 Å². The van der Waals surface area contributed by atoms with Gasteiger partial charge in [0, 0.05) is 36.6 Å². The molecular formula is C11H21N3S. The second kappa shape index (κ2) is 6.90. The minimum Gasteiger partial charge on any atom is -0.311 e. The van der Waals surface area contributed by atoms with E-state index in [1.165, 1.54) is 5.56 Å². The average molecular weight is 227 g/mol. The fourth-order valence-electron chi connectivity index (χ4n) is 1.35. The van der Waals surface area contributed by atoms with Crippen LogP contribution in [0.5, 0.6) is 0 Å². The van der Waals surface area contributed by atoms with Crippen LogP contribution < -0.4 is 5.32 Å². The van der Waals surface area contributed by atoms with Crippen LogP contribution in [-0.2, 0) is 13.1 Å². The van der Waals surface area contributed by atoms with Crippen molar-refractivity contribution in [3.8, 4) is 0 Å². The van der Waals surface area contributed by atoms with Crippen molar-refractivity contribution in [2.75, 3.05) is 12.8 Å². The van der Waals surface area contributed by atoms with Gasteiger partial charge in [0.15, 0.2) is 0 Å². The Hall–Kier alpha value is -0.480. The topological polar surface area (TPSA) is 29.9 Å². The van der Waals surface area contributed by atoms with Crippen LogP contribution in [-0.4, -0.2) is 27.8 Å². The quantitative estimate of drug-likeness (QED) is 0.774. The molecule has 0 fully saturated rings. The molecule has 0 aromatic carbocycles. The first-order valence-corrected chi connectivity index (χ1v) is 6.80. The number of aryl methyl sites for hydroxylation is 1. The van der Waals surface area contributed by atoms with E-state index in [-0.39, 0.29) is 0 Å². The molecule has 1 aromatic heterocycles. The molecule has 3 nitrogen and oxygen atoms in total. The molecule has 1 unspecified atom stereocenters. The predicted molar refractivity (Wildman–Crippen MR) is 67.2 cm³/mol. The van der Waals surface area contributed by atoms with Gasteiger partial charge in [-0.1, -0.05) is 13.8 Å². The lowest BCUT2D eigenvalue weighted by Crippen LogP contribution is -2.21. The zero-order chi connectivity index (χ0) is 11.1. The Kier molecular flexibility index (Phi) is 5.79. The van der Waals surface area contributed by atoms with E-state index in [9.17, 15) is 0 Å². The molecule has 4 heteroatoms. The number of aromatic nitrogens is 2. The Morgan fingerprint density at radius 1 is 1.60 bits per heavy atom. The minimum absolute atomic E-state index is 0.677. The lowest BCUT2D eigenvalue weighted by atomic mass is 10.3. The molecule has 0 aliphatic rings. The molecule has 0 aliphatic carbocycles. The van der Waals surface area contributed by atoms with Gasteiger partial charge in [-0.15, -0.1) is 0 Å². The van der Waals surface area contributed by atoms with Gasteiger partial charge in [0.05, 0.1) is 6.20 Å². The molecule has 1 N–H and O–H groups in total. The van der Waals surface area contributed by atoms with Crippen LogP contribution in [0.2, 0.25) is 0 Å². The molecule has 0 amide bonds. The van der Waals surface area contributed by atoms with Crippen LogP contribution in [0.25, 0.3) is 0 Å². The number of rotatable bonds is 7. The Morgan fingerprint density at radius 3 is 3.07 bits per heavy atom. The summed E-state index contributed by atoms with van der Waals surface area (Å²) in [6, 6.07) is 0. The number of hydrogen-bond donors (Lipinski definition) is 1. The van der Waals surface area contributed by atoms with E-state index in [4.69, 9.17) is 0 Å². The highest BCUT2D eigenvalue weighted by Gasteiger charge is 2.00. The molecule has 0 spiro atoms. The van der Waals surface area contributed by atoms with Crippen molar-refractivity contribution >= 4 is 11.8 Å². The largest absolute Gasteiger partial charge is 0.311 e. The number of hydrogen-bond acceptors (Lipinski definition) is 3. The molecule has 0 saturated carbocycles. The predicted octanol–water partition coefficient (Wildman–Crippen LogP) is 2.13. The van der Waals surface area contributed by atoms with E-state index in [0.29, 0.717) is 5.25 Å². The molecule has 1 atom stereocenters. The highest BCUT2D eigenvalue weighted by Crippen LogP contribution is 2.03. The van der Waals surface area contributed by atoms with Crippen molar-refractivity contribution in [3.63, 3.8) is 0 Å². The standard InChI is InChI=1S/C11H21N3S/c1-4-5-14-9-11(8-13-14)7-12-6-10(2)15-3/h8-10,12H,4-7H2,1-3H3. The molecule has 0 radical (unpaired) electrons. The van der Waals surface area contributed by atoms with E-state index in [1.807, 2.05) is 22.6 Å². The highest BCUT2D eigenvalue weighted by molar-refractivity contribution is 7.99. The summed E-state index contributed by atoms with van der Waals surface area (Å²) in [4.78, 5) is 0. The molecule has 1 aromatic rings. The molecule has 1 rings (SSSR count). The summed E-state index contributed by atoms with van der Waals surface area (Å²) in [6.45, 7) is 7.40. The van der Waals surface area contributed by atoms with Crippen molar-refractivity contribution in [3.05, 3.63) is 18.0 Å². The second-order valence-electron chi connectivity index (χ2n) is 3.79. The summed E-state index contributed by atoms with van der Waals surface area (Å²) in [5, 5.41) is 8.41. The number of thioether (sulfide) groups is 1. The van der Waals surface area contributed by atoms with E-state index in [2.05, 4.69) is 36.7 Å². The van der Waals surface area contributed by atoms with Gasteiger partial charge in [-0.3, -0.25) is 4.68 Å². The zero-order valence-corrected chi connectivity index (χ0v) is 10.7. The third kappa shape index (κ3) is 4.71. The van der Waals surface area contributed by atoms with Gasteiger partial charge in [0.2, 0.25) is 0 Å². The van der Waals surface area contributed by atoms with Gasteiger partial charge in [-0.25, -0.2) is 0 Å². The van der Waals surface area contributed by atoms with Crippen molar-refractivity contribution in [1.82, 2.24) is 15.1 Å². The number of nitrogens with one attached hydrogen (secondary N) is 1. The molecular weight excluding hydrogens is 206 g/mol. The zero-order valence-electron chi connectivity index (χ0n) is 9.86. The Morgan fingerprint density at radius 2 is 2.40 bits per heavy atom. The summed E-state index contributed by atoms with van der Waals surface area (Å²) in [5.41, 5.74) is 1.27. The maximum absolute atomic E-state index is 4.30. The molecule has 15 heavy (non-hydrogen) atoms. The van der Waals surface area contributed by atoms with E-state index in [1.54, 1.807) is 0 Å². The van der Waals surface area contributed by atoms with Crippen LogP contribution in [0, 0.1) is 0 Å². The fourth-order valence-corrected chi connectivity index (χ4v) is 1.64. The first-order chi connectivity index (χ1) is 7.26. The summed E-state index contributed by atoms with van der Waals surface area (Å²) in [6.07, 6.45) is 7.36. The van der Waals surface area contributed by atoms with Crippen molar-refractivity contribution < 1.29 is 0 Å². The Balaban J connectivity index is 2.25. The minimum atomic E-state index is 0.677.